The summed E-state index contributed by atoms with van der Waals surface area (Å²) in [7, 11) is 0. The number of hydrogen-bond donors (Lipinski definition) is 0. The van der Waals surface area contributed by atoms with Crippen molar-refractivity contribution in [2.75, 3.05) is 6.54 Å². The van der Waals surface area contributed by atoms with Crippen molar-refractivity contribution < 1.29 is 0 Å². The zero-order valence-electron chi connectivity index (χ0n) is 7.69. The molecule has 1 rings (SSSR count). The molecule has 1 aromatic rings. The molecule has 3 nitrogen and oxygen atoms in total. The van der Waals surface area contributed by atoms with Gasteiger partial charge in [0, 0.05) is 21.2 Å². The SMILES string of the molecule is Cc1cc(C=CCN=[N+]=[N-])c(C)s1. The second-order valence-corrected chi connectivity index (χ2v) is 4.14. The molecule has 0 amide bonds. The van der Waals surface area contributed by atoms with E-state index in [4.69, 9.17) is 5.53 Å². The monoisotopic (exact) mass is 193 g/mol. The van der Waals surface area contributed by atoms with Crippen molar-refractivity contribution in [3.63, 3.8) is 0 Å². The van der Waals surface area contributed by atoms with Crippen LogP contribution >= 0.6 is 11.3 Å². The Morgan fingerprint density at radius 2 is 2.38 bits per heavy atom. The largest absolute Gasteiger partial charge is 0.145 e. The van der Waals surface area contributed by atoms with Crippen LogP contribution < -0.4 is 0 Å². The summed E-state index contributed by atoms with van der Waals surface area (Å²) in [4.78, 5) is 5.28. The third kappa shape index (κ3) is 2.93. The molecule has 0 saturated carbocycles. The first-order valence-electron chi connectivity index (χ1n) is 3.98. The molecule has 0 aliphatic carbocycles. The summed E-state index contributed by atoms with van der Waals surface area (Å²) in [6.07, 6.45) is 3.86. The molecule has 0 aliphatic rings. The van der Waals surface area contributed by atoms with Crippen LogP contribution in [0.15, 0.2) is 17.3 Å². The lowest BCUT2D eigenvalue weighted by Gasteiger charge is -1.86. The first-order chi connectivity index (χ1) is 6.24. The number of nitrogens with zero attached hydrogens (tertiary/aromatic N) is 3. The van der Waals surface area contributed by atoms with E-state index < -0.39 is 0 Å². The highest BCUT2D eigenvalue weighted by molar-refractivity contribution is 7.12. The highest BCUT2D eigenvalue weighted by Gasteiger charge is 1.97. The second kappa shape index (κ2) is 4.70. The van der Waals surface area contributed by atoms with Gasteiger partial charge in [-0.2, -0.15) is 0 Å². The number of azide groups is 1. The highest BCUT2D eigenvalue weighted by atomic mass is 32.1. The van der Waals surface area contributed by atoms with Crippen molar-refractivity contribution in [3.8, 4) is 0 Å². The van der Waals surface area contributed by atoms with Gasteiger partial charge in [0.15, 0.2) is 0 Å². The van der Waals surface area contributed by atoms with E-state index in [0.717, 1.165) is 0 Å². The standard InChI is InChI=1S/C9H11N3S/c1-7-6-9(8(2)13-7)4-3-5-11-12-10/h3-4,6H,5H2,1-2H3. The van der Waals surface area contributed by atoms with E-state index in [1.807, 2.05) is 12.2 Å². The summed E-state index contributed by atoms with van der Waals surface area (Å²) >= 11 is 1.78. The molecule has 0 fully saturated rings. The van der Waals surface area contributed by atoms with Gasteiger partial charge in [-0.3, -0.25) is 0 Å². The van der Waals surface area contributed by atoms with Gasteiger partial charge in [0.25, 0.3) is 0 Å². The molecule has 4 heteroatoms. The Bertz CT molecular complexity index is 359. The van der Waals surface area contributed by atoms with Gasteiger partial charge in [-0.25, -0.2) is 0 Å². The quantitative estimate of drug-likeness (QED) is 0.399. The van der Waals surface area contributed by atoms with Gasteiger partial charge < -0.3 is 0 Å². The molecule has 0 saturated heterocycles. The summed E-state index contributed by atoms with van der Waals surface area (Å²) in [6.45, 7) is 4.60. The molecule has 1 heterocycles. The van der Waals surface area contributed by atoms with E-state index in [1.165, 1.54) is 15.3 Å². The van der Waals surface area contributed by atoms with Crippen LogP contribution in [0.5, 0.6) is 0 Å². The van der Waals surface area contributed by atoms with Gasteiger partial charge in [0.1, 0.15) is 0 Å². The predicted octanol–water partition coefficient (Wildman–Crippen LogP) is 3.69. The number of hydrogen-bond acceptors (Lipinski definition) is 2. The molecule has 0 radical (unpaired) electrons. The Labute approximate surface area is 81.3 Å². The molecular formula is C9H11N3S. The summed E-state index contributed by atoms with van der Waals surface area (Å²) in [5.74, 6) is 0. The summed E-state index contributed by atoms with van der Waals surface area (Å²) < 4.78 is 0. The molecule has 13 heavy (non-hydrogen) atoms. The highest BCUT2D eigenvalue weighted by Crippen LogP contribution is 2.21. The van der Waals surface area contributed by atoms with Crippen LogP contribution in [0.1, 0.15) is 15.3 Å². The Morgan fingerprint density at radius 1 is 1.62 bits per heavy atom. The van der Waals surface area contributed by atoms with Crippen LogP contribution in [0.2, 0.25) is 0 Å². The minimum Gasteiger partial charge on any atom is -0.145 e. The van der Waals surface area contributed by atoms with Gasteiger partial charge in [-0.05, 0) is 31.0 Å². The fourth-order valence-corrected chi connectivity index (χ4v) is 1.99. The molecule has 0 bridgehead atoms. The first-order valence-corrected chi connectivity index (χ1v) is 4.80. The van der Waals surface area contributed by atoms with Crippen molar-refractivity contribution in [2.45, 2.75) is 13.8 Å². The Morgan fingerprint density at radius 3 is 2.92 bits per heavy atom. The molecule has 0 aromatic carbocycles. The van der Waals surface area contributed by atoms with E-state index in [-0.39, 0.29) is 0 Å². The van der Waals surface area contributed by atoms with Gasteiger partial charge in [0.05, 0.1) is 0 Å². The van der Waals surface area contributed by atoms with E-state index in [9.17, 15) is 0 Å². The van der Waals surface area contributed by atoms with Crippen LogP contribution in [0, 0.1) is 13.8 Å². The van der Waals surface area contributed by atoms with Crippen LogP contribution in [0.4, 0.5) is 0 Å². The van der Waals surface area contributed by atoms with Crippen LogP contribution in [-0.2, 0) is 0 Å². The lowest BCUT2D eigenvalue weighted by molar-refractivity contribution is 1.22. The summed E-state index contributed by atoms with van der Waals surface area (Å²) in [5, 5.41) is 3.42. The lowest BCUT2D eigenvalue weighted by atomic mass is 10.2. The minimum atomic E-state index is 0.421. The van der Waals surface area contributed by atoms with E-state index >= 15 is 0 Å². The minimum absolute atomic E-state index is 0.421. The Hall–Kier alpha value is -1.25. The predicted molar refractivity (Wildman–Crippen MR) is 56.8 cm³/mol. The molecular weight excluding hydrogens is 182 g/mol. The molecule has 0 atom stereocenters. The molecule has 0 N–H and O–H groups in total. The number of aryl methyl sites for hydroxylation is 2. The number of rotatable bonds is 3. The van der Waals surface area contributed by atoms with Crippen LogP contribution in [0.3, 0.4) is 0 Å². The fraction of sp³-hybridized carbons (Fsp3) is 0.333. The molecule has 0 unspecified atom stereocenters. The Balaban J connectivity index is 2.67. The molecule has 1 aromatic heterocycles. The van der Waals surface area contributed by atoms with Crippen molar-refractivity contribution in [2.24, 2.45) is 5.11 Å². The van der Waals surface area contributed by atoms with Gasteiger partial charge in [-0.15, -0.1) is 11.3 Å². The van der Waals surface area contributed by atoms with E-state index in [0.29, 0.717) is 6.54 Å². The van der Waals surface area contributed by atoms with Gasteiger partial charge >= 0.3 is 0 Å². The maximum atomic E-state index is 8.05. The first kappa shape index (κ1) is 9.84. The van der Waals surface area contributed by atoms with Crippen molar-refractivity contribution in [1.29, 1.82) is 0 Å². The fourth-order valence-electron chi connectivity index (χ4n) is 1.08. The smallest absolute Gasteiger partial charge is 0.0443 e. The topological polar surface area (TPSA) is 48.8 Å². The van der Waals surface area contributed by atoms with Crippen molar-refractivity contribution in [3.05, 3.63) is 37.9 Å². The van der Waals surface area contributed by atoms with Gasteiger partial charge in [0.2, 0.25) is 0 Å². The normalized spacial score (nSPS) is 10.3. The second-order valence-electron chi connectivity index (χ2n) is 2.68. The number of thiophene rings is 1. The maximum Gasteiger partial charge on any atom is 0.0443 e. The summed E-state index contributed by atoms with van der Waals surface area (Å²) in [5.41, 5.74) is 9.27. The zero-order chi connectivity index (χ0) is 9.68. The van der Waals surface area contributed by atoms with Crippen LogP contribution in [0.25, 0.3) is 16.5 Å². The maximum absolute atomic E-state index is 8.05. The average Bonchev–Trinajstić information content (AvgIpc) is 2.39. The molecule has 0 spiro atoms. The summed E-state index contributed by atoms with van der Waals surface area (Å²) in [6, 6.07) is 2.13. The lowest BCUT2D eigenvalue weighted by Crippen LogP contribution is -1.70. The van der Waals surface area contributed by atoms with Crippen molar-refractivity contribution >= 4 is 17.4 Å². The Kier molecular flexibility index (Phi) is 3.55. The molecule has 0 aliphatic heterocycles. The van der Waals surface area contributed by atoms with Crippen LogP contribution in [-0.4, -0.2) is 6.54 Å². The zero-order valence-corrected chi connectivity index (χ0v) is 8.51. The van der Waals surface area contributed by atoms with E-state index in [2.05, 4.69) is 29.9 Å². The molecule has 68 valence electrons. The average molecular weight is 193 g/mol. The van der Waals surface area contributed by atoms with E-state index in [1.54, 1.807) is 11.3 Å². The third-order valence-electron chi connectivity index (χ3n) is 1.63. The third-order valence-corrected chi connectivity index (χ3v) is 2.61. The van der Waals surface area contributed by atoms with Gasteiger partial charge in [-0.1, -0.05) is 17.3 Å². The van der Waals surface area contributed by atoms with Crippen molar-refractivity contribution in [1.82, 2.24) is 0 Å².